The molecule has 2 aromatic carbocycles. The zero-order valence-corrected chi connectivity index (χ0v) is 13.9. The van der Waals surface area contributed by atoms with Gasteiger partial charge in [-0.05, 0) is 49.2 Å². The number of amides is 1. The van der Waals surface area contributed by atoms with Gasteiger partial charge in [0.15, 0.2) is 0 Å². The van der Waals surface area contributed by atoms with E-state index in [2.05, 4.69) is 4.72 Å². The van der Waals surface area contributed by atoms with Gasteiger partial charge < -0.3 is 4.90 Å². The number of rotatable bonds is 3. The number of carbonyl (C=O) groups is 1. The van der Waals surface area contributed by atoms with E-state index in [9.17, 15) is 13.2 Å². The van der Waals surface area contributed by atoms with Gasteiger partial charge in [-0.15, -0.1) is 0 Å². The van der Waals surface area contributed by atoms with Crippen LogP contribution in [0.25, 0.3) is 0 Å². The number of aryl methyl sites for hydroxylation is 2. The molecule has 1 amide bonds. The Labute approximate surface area is 136 Å². The van der Waals surface area contributed by atoms with Crippen LogP contribution >= 0.6 is 0 Å². The molecule has 1 aliphatic rings. The van der Waals surface area contributed by atoms with Crippen LogP contribution in [0.3, 0.4) is 0 Å². The lowest BCUT2D eigenvalue weighted by molar-refractivity contribution is -0.118. The van der Waals surface area contributed by atoms with Crippen molar-refractivity contribution in [3.63, 3.8) is 0 Å². The van der Waals surface area contributed by atoms with E-state index in [0.29, 0.717) is 18.5 Å². The highest BCUT2D eigenvalue weighted by Gasteiger charge is 2.22. The summed E-state index contributed by atoms with van der Waals surface area (Å²) in [5.41, 5.74) is 3.31. The Morgan fingerprint density at radius 3 is 2.43 bits per heavy atom. The highest BCUT2D eigenvalue weighted by Crippen LogP contribution is 2.30. The Morgan fingerprint density at radius 2 is 1.74 bits per heavy atom. The average Bonchev–Trinajstić information content (AvgIpc) is 2.51. The van der Waals surface area contributed by atoms with E-state index in [1.807, 2.05) is 6.92 Å². The Balaban J connectivity index is 1.89. The molecule has 0 bridgehead atoms. The van der Waals surface area contributed by atoms with Gasteiger partial charge in [-0.2, -0.15) is 0 Å². The van der Waals surface area contributed by atoms with Crippen LogP contribution in [0.2, 0.25) is 0 Å². The molecule has 0 atom stereocenters. The van der Waals surface area contributed by atoms with Gasteiger partial charge in [0, 0.05) is 24.8 Å². The molecule has 0 saturated heterocycles. The van der Waals surface area contributed by atoms with Crippen LogP contribution in [0, 0.1) is 6.92 Å². The molecular weight excluding hydrogens is 312 g/mol. The molecule has 5 nitrogen and oxygen atoms in total. The van der Waals surface area contributed by atoms with E-state index in [1.165, 1.54) is 0 Å². The van der Waals surface area contributed by atoms with Gasteiger partial charge >= 0.3 is 0 Å². The summed E-state index contributed by atoms with van der Waals surface area (Å²) in [6.07, 6.45) is 1.07. The molecule has 0 saturated carbocycles. The maximum Gasteiger partial charge on any atom is 0.261 e. The first kappa shape index (κ1) is 15.6. The first-order valence-corrected chi connectivity index (χ1v) is 8.84. The molecule has 1 N–H and O–H groups in total. The van der Waals surface area contributed by atoms with E-state index in [0.717, 1.165) is 16.8 Å². The number of sulfonamides is 1. The predicted octanol–water partition coefficient (Wildman–Crippen LogP) is 2.70. The number of anilines is 2. The van der Waals surface area contributed by atoms with Gasteiger partial charge in [0.05, 0.1) is 4.90 Å². The second kappa shape index (κ2) is 5.70. The largest absolute Gasteiger partial charge is 0.315 e. The van der Waals surface area contributed by atoms with Crippen molar-refractivity contribution < 1.29 is 13.2 Å². The second-order valence-corrected chi connectivity index (χ2v) is 7.40. The van der Waals surface area contributed by atoms with Crippen molar-refractivity contribution in [3.8, 4) is 0 Å². The van der Waals surface area contributed by atoms with Crippen molar-refractivity contribution >= 4 is 27.3 Å². The van der Waals surface area contributed by atoms with Crippen molar-refractivity contribution in [1.29, 1.82) is 0 Å². The highest BCUT2D eigenvalue weighted by molar-refractivity contribution is 7.92. The Bertz CT molecular complexity index is 858. The van der Waals surface area contributed by atoms with Gasteiger partial charge in [-0.25, -0.2) is 8.42 Å². The minimum atomic E-state index is -3.61. The summed E-state index contributed by atoms with van der Waals surface area (Å²) in [6.45, 7) is 1.91. The molecule has 0 aliphatic carbocycles. The molecule has 1 aliphatic heterocycles. The fourth-order valence-corrected chi connectivity index (χ4v) is 3.70. The van der Waals surface area contributed by atoms with E-state index < -0.39 is 10.0 Å². The molecule has 3 rings (SSSR count). The van der Waals surface area contributed by atoms with Gasteiger partial charge in [-0.3, -0.25) is 9.52 Å². The minimum absolute atomic E-state index is 0.0745. The van der Waals surface area contributed by atoms with Gasteiger partial charge in [-0.1, -0.05) is 17.7 Å². The first-order chi connectivity index (χ1) is 10.9. The zero-order valence-electron chi connectivity index (χ0n) is 13.0. The summed E-state index contributed by atoms with van der Waals surface area (Å²) in [5.74, 6) is 0.0745. The summed E-state index contributed by atoms with van der Waals surface area (Å²) in [6, 6.07) is 12.0. The third kappa shape index (κ3) is 3.07. The minimum Gasteiger partial charge on any atom is -0.315 e. The van der Waals surface area contributed by atoms with Gasteiger partial charge in [0.2, 0.25) is 5.91 Å². The first-order valence-electron chi connectivity index (χ1n) is 7.36. The molecule has 0 spiro atoms. The van der Waals surface area contributed by atoms with Gasteiger partial charge in [0.25, 0.3) is 10.0 Å². The zero-order chi connectivity index (χ0) is 16.6. The number of nitrogens with one attached hydrogen (secondary N) is 1. The van der Waals surface area contributed by atoms with E-state index in [1.54, 1.807) is 54.4 Å². The smallest absolute Gasteiger partial charge is 0.261 e. The van der Waals surface area contributed by atoms with Gasteiger partial charge in [0.1, 0.15) is 0 Å². The number of nitrogens with zero attached hydrogens (tertiary/aromatic N) is 1. The summed E-state index contributed by atoms with van der Waals surface area (Å²) in [4.78, 5) is 13.5. The maximum atomic E-state index is 12.4. The molecule has 2 aromatic rings. The average molecular weight is 330 g/mol. The van der Waals surface area contributed by atoms with E-state index in [-0.39, 0.29) is 10.8 Å². The number of hydrogen-bond donors (Lipinski definition) is 1. The van der Waals surface area contributed by atoms with Crippen LogP contribution in [-0.2, 0) is 21.2 Å². The van der Waals surface area contributed by atoms with Crippen LogP contribution in [0.15, 0.2) is 47.4 Å². The molecule has 23 heavy (non-hydrogen) atoms. The molecule has 1 heterocycles. The molecule has 0 radical (unpaired) electrons. The fourth-order valence-electron chi connectivity index (χ4n) is 2.65. The molecule has 0 aromatic heterocycles. The maximum absolute atomic E-state index is 12.4. The van der Waals surface area contributed by atoms with Crippen LogP contribution in [0.4, 0.5) is 11.4 Å². The van der Waals surface area contributed by atoms with Crippen molar-refractivity contribution in [3.05, 3.63) is 53.6 Å². The highest BCUT2D eigenvalue weighted by atomic mass is 32.2. The van der Waals surface area contributed by atoms with Crippen LogP contribution < -0.4 is 9.62 Å². The molecule has 120 valence electrons. The van der Waals surface area contributed by atoms with E-state index >= 15 is 0 Å². The van der Waals surface area contributed by atoms with Crippen molar-refractivity contribution in [2.75, 3.05) is 16.7 Å². The topological polar surface area (TPSA) is 66.5 Å². The SMILES string of the molecule is Cc1ccc(S(=O)(=O)Nc2ccc3c(c2)CCC(=O)N3C)cc1. The lowest BCUT2D eigenvalue weighted by Gasteiger charge is -2.26. The summed E-state index contributed by atoms with van der Waals surface area (Å²) in [7, 11) is -1.88. The lowest BCUT2D eigenvalue weighted by atomic mass is 10.0. The van der Waals surface area contributed by atoms with Crippen LogP contribution in [0.1, 0.15) is 17.5 Å². The summed E-state index contributed by atoms with van der Waals surface area (Å²) >= 11 is 0. The number of fused-ring (bicyclic) bond motifs is 1. The normalized spacial score (nSPS) is 14.5. The molecular formula is C17H18N2O3S. The summed E-state index contributed by atoms with van der Waals surface area (Å²) < 4.78 is 27.4. The lowest BCUT2D eigenvalue weighted by Crippen LogP contribution is -2.31. The van der Waals surface area contributed by atoms with Crippen LogP contribution in [-0.4, -0.2) is 21.4 Å². The van der Waals surface area contributed by atoms with Crippen molar-refractivity contribution in [1.82, 2.24) is 0 Å². The van der Waals surface area contributed by atoms with Crippen molar-refractivity contribution in [2.45, 2.75) is 24.7 Å². The summed E-state index contributed by atoms with van der Waals surface area (Å²) in [5, 5.41) is 0. The van der Waals surface area contributed by atoms with Crippen molar-refractivity contribution in [2.24, 2.45) is 0 Å². The molecule has 0 fully saturated rings. The monoisotopic (exact) mass is 330 g/mol. The quantitative estimate of drug-likeness (QED) is 0.941. The second-order valence-electron chi connectivity index (χ2n) is 5.71. The fraction of sp³-hybridized carbons (Fsp3) is 0.235. The van der Waals surface area contributed by atoms with E-state index in [4.69, 9.17) is 0 Å². The molecule has 6 heteroatoms. The number of carbonyl (C=O) groups excluding carboxylic acids is 1. The van der Waals surface area contributed by atoms with Crippen LogP contribution in [0.5, 0.6) is 0 Å². The standard InChI is InChI=1S/C17H18N2O3S/c1-12-3-7-15(8-4-12)23(21,22)18-14-6-9-16-13(11-14)5-10-17(20)19(16)2/h3-4,6-9,11,18H,5,10H2,1-2H3. The Kier molecular flexibility index (Phi) is 3.85. The molecule has 0 unspecified atom stereocenters. The predicted molar refractivity (Wildman–Crippen MR) is 90.2 cm³/mol. The Morgan fingerprint density at radius 1 is 1.04 bits per heavy atom. The number of benzene rings is 2. The Hall–Kier alpha value is -2.34. The third-order valence-corrected chi connectivity index (χ3v) is 5.40. The number of hydrogen-bond acceptors (Lipinski definition) is 3. The third-order valence-electron chi connectivity index (χ3n) is 4.01.